The Bertz CT molecular complexity index is 429. The van der Waals surface area contributed by atoms with E-state index in [1.165, 1.54) is 12.1 Å². The molecule has 0 aliphatic heterocycles. The van der Waals surface area contributed by atoms with Gasteiger partial charge in [0.2, 0.25) is 0 Å². The Labute approximate surface area is 100 Å². The molecular weight excluding hydrogens is 221 g/mol. The molecule has 0 heterocycles. The van der Waals surface area contributed by atoms with Crippen molar-refractivity contribution >= 4 is 11.7 Å². The van der Waals surface area contributed by atoms with Crippen LogP contribution in [-0.4, -0.2) is 23.7 Å². The number of carbonyl (C=O) groups is 1. The average Bonchev–Trinajstić information content (AvgIpc) is 2.26. The number of carboxylic acids is 1. The molecule has 0 saturated heterocycles. The van der Waals surface area contributed by atoms with E-state index in [0.29, 0.717) is 12.2 Å². The zero-order valence-corrected chi connectivity index (χ0v) is 9.98. The second kappa shape index (κ2) is 5.48. The van der Waals surface area contributed by atoms with E-state index < -0.39 is 11.8 Å². The van der Waals surface area contributed by atoms with Crippen LogP contribution in [0.2, 0.25) is 0 Å². The van der Waals surface area contributed by atoms with Crippen LogP contribution in [0, 0.1) is 5.82 Å². The molecule has 0 atom stereocenters. The number of hydrogen-bond donors (Lipinski definition) is 1. The first-order chi connectivity index (χ1) is 7.97. The predicted octanol–water partition coefficient (Wildman–Crippen LogP) is 2.92. The highest BCUT2D eigenvalue weighted by Crippen LogP contribution is 2.23. The molecule has 0 aromatic heterocycles. The van der Waals surface area contributed by atoms with Gasteiger partial charge in [-0.15, -0.1) is 6.58 Å². The van der Waals surface area contributed by atoms with E-state index in [1.54, 1.807) is 6.08 Å². The fraction of sp³-hybridized carbons (Fsp3) is 0.308. The Morgan fingerprint density at radius 1 is 1.59 bits per heavy atom. The van der Waals surface area contributed by atoms with Crippen molar-refractivity contribution in [1.29, 1.82) is 0 Å². The van der Waals surface area contributed by atoms with E-state index >= 15 is 0 Å². The maximum Gasteiger partial charge on any atom is 0.337 e. The molecule has 3 nitrogen and oxygen atoms in total. The van der Waals surface area contributed by atoms with Crippen molar-refractivity contribution in [3.8, 4) is 0 Å². The van der Waals surface area contributed by atoms with Gasteiger partial charge in [0.25, 0.3) is 0 Å². The minimum Gasteiger partial charge on any atom is -0.478 e. The number of halogens is 1. The summed E-state index contributed by atoms with van der Waals surface area (Å²) >= 11 is 0. The molecule has 92 valence electrons. The smallest absolute Gasteiger partial charge is 0.337 e. The number of anilines is 1. The van der Waals surface area contributed by atoms with Gasteiger partial charge in [-0.2, -0.15) is 0 Å². The molecule has 17 heavy (non-hydrogen) atoms. The van der Waals surface area contributed by atoms with E-state index in [2.05, 4.69) is 6.58 Å². The van der Waals surface area contributed by atoms with Crippen LogP contribution in [0.3, 0.4) is 0 Å². The Balaban J connectivity index is 3.26. The maximum absolute atomic E-state index is 13.1. The van der Waals surface area contributed by atoms with Gasteiger partial charge in [-0.05, 0) is 32.0 Å². The molecule has 1 N–H and O–H groups in total. The topological polar surface area (TPSA) is 40.5 Å². The third kappa shape index (κ3) is 3.06. The molecule has 1 aromatic rings. The first-order valence-electron chi connectivity index (χ1n) is 5.37. The second-order valence-electron chi connectivity index (χ2n) is 4.00. The maximum atomic E-state index is 13.1. The van der Waals surface area contributed by atoms with E-state index in [0.717, 1.165) is 6.07 Å². The third-order valence-electron chi connectivity index (χ3n) is 2.45. The van der Waals surface area contributed by atoms with Gasteiger partial charge >= 0.3 is 5.97 Å². The van der Waals surface area contributed by atoms with Gasteiger partial charge in [0.15, 0.2) is 0 Å². The van der Waals surface area contributed by atoms with Gasteiger partial charge in [-0.3, -0.25) is 0 Å². The van der Waals surface area contributed by atoms with Crippen molar-refractivity contribution in [2.24, 2.45) is 0 Å². The number of benzene rings is 1. The zero-order valence-electron chi connectivity index (χ0n) is 9.98. The average molecular weight is 237 g/mol. The lowest BCUT2D eigenvalue weighted by atomic mass is 10.1. The summed E-state index contributed by atoms with van der Waals surface area (Å²) < 4.78 is 13.1. The van der Waals surface area contributed by atoms with E-state index in [-0.39, 0.29) is 11.6 Å². The highest BCUT2D eigenvalue weighted by atomic mass is 19.1. The van der Waals surface area contributed by atoms with E-state index in [1.807, 2.05) is 18.7 Å². The molecule has 0 unspecified atom stereocenters. The molecule has 0 saturated carbocycles. The lowest BCUT2D eigenvalue weighted by Crippen LogP contribution is -2.32. The molecule has 1 rings (SSSR count). The lowest BCUT2D eigenvalue weighted by Gasteiger charge is -2.29. The summed E-state index contributed by atoms with van der Waals surface area (Å²) in [5, 5.41) is 9.07. The summed E-state index contributed by atoms with van der Waals surface area (Å²) in [6, 6.07) is 3.90. The molecule has 0 aliphatic carbocycles. The van der Waals surface area contributed by atoms with Crippen LogP contribution in [-0.2, 0) is 0 Å². The highest BCUT2D eigenvalue weighted by Gasteiger charge is 2.18. The summed E-state index contributed by atoms with van der Waals surface area (Å²) in [5.41, 5.74) is 0.481. The largest absolute Gasteiger partial charge is 0.478 e. The molecule has 0 fully saturated rings. The number of aromatic carboxylic acids is 1. The Morgan fingerprint density at radius 3 is 2.71 bits per heavy atom. The molecule has 0 amide bonds. The van der Waals surface area contributed by atoms with Crippen LogP contribution in [0.4, 0.5) is 10.1 Å². The Morgan fingerprint density at radius 2 is 2.24 bits per heavy atom. The monoisotopic (exact) mass is 237 g/mol. The van der Waals surface area contributed by atoms with Crippen LogP contribution in [0.25, 0.3) is 0 Å². The van der Waals surface area contributed by atoms with Crippen LogP contribution < -0.4 is 4.90 Å². The summed E-state index contributed by atoms with van der Waals surface area (Å²) in [6.45, 7) is 8.04. The van der Waals surface area contributed by atoms with Crippen molar-refractivity contribution in [1.82, 2.24) is 0 Å². The molecule has 0 spiro atoms. The van der Waals surface area contributed by atoms with Gasteiger partial charge in [0, 0.05) is 12.6 Å². The predicted molar refractivity (Wildman–Crippen MR) is 66.0 cm³/mol. The molecule has 0 bridgehead atoms. The Hall–Kier alpha value is -1.84. The van der Waals surface area contributed by atoms with E-state index in [9.17, 15) is 9.18 Å². The lowest BCUT2D eigenvalue weighted by molar-refractivity contribution is 0.0697. The molecule has 0 radical (unpaired) electrons. The Kier molecular flexibility index (Phi) is 4.26. The number of rotatable bonds is 5. The number of hydrogen-bond acceptors (Lipinski definition) is 2. The fourth-order valence-electron chi connectivity index (χ4n) is 1.66. The van der Waals surface area contributed by atoms with Crippen LogP contribution in [0.1, 0.15) is 24.2 Å². The third-order valence-corrected chi connectivity index (χ3v) is 2.45. The van der Waals surface area contributed by atoms with Gasteiger partial charge in [-0.1, -0.05) is 6.08 Å². The standard InChI is InChI=1S/C13H16FNO2/c1-4-7-15(9(2)3)12-6-5-10(14)8-11(12)13(16)17/h4-6,8-9H,1,7H2,2-3H3,(H,16,17). The van der Waals surface area contributed by atoms with Crippen molar-refractivity contribution in [3.63, 3.8) is 0 Å². The minimum atomic E-state index is -1.13. The van der Waals surface area contributed by atoms with Gasteiger partial charge in [-0.25, -0.2) is 9.18 Å². The SMILES string of the molecule is C=CCN(c1ccc(F)cc1C(=O)O)C(C)C. The summed E-state index contributed by atoms with van der Waals surface area (Å²) in [7, 11) is 0. The van der Waals surface area contributed by atoms with Crippen molar-refractivity contribution in [2.45, 2.75) is 19.9 Å². The number of nitrogens with zero attached hydrogens (tertiary/aromatic N) is 1. The first kappa shape index (κ1) is 13.2. The van der Waals surface area contributed by atoms with Gasteiger partial charge in [0.1, 0.15) is 5.82 Å². The van der Waals surface area contributed by atoms with Crippen LogP contribution >= 0.6 is 0 Å². The van der Waals surface area contributed by atoms with Crippen molar-refractivity contribution < 1.29 is 14.3 Å². The quantitative estimate of drug-likeness (QED) is 0.800. The van der Waals surface area contributed by atoms with E-state index in [4.69, 9.17) is 5.11 Å². The van der Waals surface area contributed by atoms with Crippen LogP contribution in [0.5, 0.6) is 0 Å². The van der Waals surface area contributed by atoms with Crippen molar-refractivity contribution in [3.05, 3.63) is 42.2 Å². The van der Waals surface area contributed by atoms with Gasteiger partial charge < -0.3 is 10.0 Å². The molecule has 0 aliphatic rings. The zero-order chi connectivity index (χ0) is 13.0. The van der Waals surface area contributed by atoms with Gasteiger partial charge in [0.05, 0.1) is 11.3 Å². The fourth-order valence-corrected chi connectivity index (χ4v) is 1.66. The molecule has 4 heteroatoms. The number of carboxylic acid groups (broad SMARTS) is 1. The van der Waals surface area contributed by atoms with Crippen LogP contribution in [0.15, 0.2) is 30.9 Å². The second-order valence-corrected chi connectivity index (χ2v) is 4.00. The minimum absolute atomic E-state index is 0.0273. The molecular formula is C13H16FNO2. The summed E-state index contributed by atoms with van der Waals surface area (Å²) in [6.07, 6.45) is 1.69. The van der Waals surface area contributed by atoms with Crippen molar-refractivity contribution in [2.75, 3.05) is 11.4 Å². The molecule has 1 aromatic carbocycles. The normalized spacial score (nSPS) is 10.4. The summed E-state index contributed by atoms with van der Waals surface area (Å²) in [4.78, 5) is 12.9. The highest BCUT2D eigenvalue weighted by molar-refractivity contribution is 5.94. The first-order valence-corrected chi connectivity index (χ1v) is 5.37. The summed E-state index contributed by atoms with van der Waals surface area (Å²) in [5.74, 6) is -1.68.